The van der Waals surface area contributed by atoms with Crippen molar-refractivity contribution in [2.45, 2.75) is 71.4 Å². The molecule has 2 aliphatic rings. The Morgan fingerprint density at radius 3 is 2.61 bits per heavy atom. The highest BCUT2D eigenvalue weighted by atomic mass is 15.2. The Balaban J connectivity index is 1.94. The summed E-state index contributed by atoms with van der Waals surface area (Å²) in [7, 11) is 0. The number of hydrogen-bond acceptors (Lipinski definition) is 2. The van der Waals surface area contributed by atoms with Crippen molar-refractivity contribution in [1.82, 2.24) is 10.2 Å². The molecular formula is C16H32N2. The van der Waals surface area contributed by atoms with Gasteiger partial charge in [0, 0.05) is 18.6 Å². The standard InChI is InChI=1S/C16H32N2/c1-4-11-18(12-15-8-6-10-17-15)16-9-5-7-13(2)14(16)3/h13-17H,4-12H2,1-3H3. The highest BCUT2D eigenvalue weighted by Gasteiger charge is 2.32. The number of nitrogens with zero attached hydrogens (tertiary/aromatic N) is 1. The summed E-state index contributed by atoms with van der Waals surface area (Å²) in [6, 6.07) is 1.61. The predicted octanol–water partition coefficient (Wildman–Crippen LogP) is 3.28. The smallest absolute Gasteiger partial charge is 0.0195 e. The van der Waals surface area contributed by atoms with Crippen LogP contribution in [-0.4, -0.2) is 36.6 Å². The van der Waals surface area contributed by atoms with Crippen LogP contribution in [0.3, 0.4) is 0 Å². The highest BCUT2D eigenvalue weighted by molar-refractivity contribution is 4.87. The zero-order chi connectivity index (χ0) is 13.0. The van der Waals surface area contributed by atoms with E-state index in [4.69, 9.17) is 0 Å². The Morgan fingerprint density at radius 2 is 1.94 bits per heavy atom. The van der Waals surface area contributed by atoms with Gasteiger partial charge in [-0.3, -0.25) is 4.90 Å². The maximum atomic E-state index is 3.67. The lowest BCUT2D eigenvalue weighted by Gasteiger charge is -2.42. The van der Waals surface area contributed by atoms with Crippen LogP contribution in [0.25, 0.3) is 0 Å². The second kappa shape index (κ2) is 6.91. The fraction of sp³-hybridized carbons (Fsp3) is 1.00. The molecule has 18 heavy (non-hydrogen) atoms. The normalized spacial score (nSPS) is 37.3. The summed E-state index contributed by atoms with van der Waals surface area (Å²) in [5.41, 5.74) is 0. The molecule has 0 amide bonds. The van der Waals surface area contributed by atoms with Gasteiger partial charge in [-0.2, -0.15) is 0 Å². The first-order valence-electron chi connectivity index (χ1n) is 8.19. The molecule has 0 radical (unpaired) electrons. The molecule has 1 N–H and O–H groups in total. The van der Waals surface area contributed by atoms with Crippen molar-refractivity contribution >= 4 is 0 Å². The molecule has 106 valence electrons. The fourth-order valence-corrected chi connectivity index (χ4v) is 3.94. The van der Waals surface area contributed by atoms with Crippen molar-refractivity contribution in [1.29, 1.82) is 0 Å². The zero-order valence-electron chi connectivity index (χ0n) is 12.6. The molecule has 2 nitrogen and oxygen atoms in total. The summed E-state index contributed by atoms with van der Waals surface area (Å²) in [6.07, 6.45) is 8.37. The van der Waals surface area contributed by atoms with E-state index >= 15 is 0 Å². The average Bonchev–Trinajstić information content (AvgIpc) is 2.85. The maximum absolute atomic E-state index is 3.67. The van der Waals surface area contributed by atoms with Gasteiger partial charge in [0.25, 0.3) is 0 Å². The van der Waals surface area contributed by atoms with E-state index in [0.717, 1.165) is 23.9 Å². The van der Waals surface area contributed by atoms with E-state index in [1.165, 1.54) is 58.2 Å². The number of nitrogens with one attached hydrogen (secondary N) is 1. The van der Waals surface area contributed by atoms with Crippen molar-refractivity contribution in [2.24, 2.45) is 11.8 Å². The van der Waals surface area contributed by atoms with Crippen molar-refractivity contribution in [2.75, 3.05) is 19.6 Å². The summed E-state index contributed by atoms with van der Waals surface area (Å²) >= 11 is 0. The molecule has 4 atom stereocenters. The third kappa shape index (κ3) is 3.48. The molecule has 1 aliphatic heterocycles. The molecule has 2 fully saturated rings. The first-order valence-corrected chi connectivity index (χ1v) is 8.19. The van der Waals surface area contributed by atoms with Crippen LogP contribution >= 0.6 is 0 Å². The van der Waals surface area contributed by atoms with Crippen molar-refractivity contribution in [3.05, 3.63) is 0 Å². The van der Waals surface area contributed by atoms with E-state index in [2.05, 4.69) is 31.0 Å². The maximum Gasteiger partial charge on any atom is 0.0195 e. The predicted molar refractivity (Wildman–Crippen MR) is 78.9 cm³/mol. The molecule has 0 aromatic carbocycles. The summed E-state index contributed by atoms with van der Waals surface area (Å²) in [6.45, 7) is 11.1. The molecule has 1 saturated carbocycles. The highest BCUT2D eigenvalue weighted by Crippen LogP contribution is 2.33. The van der Waals surface area contributed by atoms with Crippen LogP contribution in [0.1, 0.15) is 59.3 Å². The molecule has 0 spiro atoms. The largest absolute Gasteiger partial charge is 0.313 e. The fourth-order valence-electron chi connectivity index (χ4n) is 3.94. The quantitative estimate of drug-likeness (QED) is 0.808. The lowest BCUT2D eigenvalue weighted by molar-refractivity contribution is 0.0743. The molecule has 1 saturated heterocycles. The number of rotatable bonds is 5. The Labute approximate surface area is 114 Å². The van der Waals surface area contributed by atoms with Gasteiger partial charge in [0.2, 0.25) is 0 Å². The second-order valence-electron chi connectivity index (χ2n) is 6.62. The van der Waals surface area contributed by atoms with E-state index in [1.54, 1.807) is 0 Å². The van der Waals surface area contributed by atoms with Gasteiger partial charge in [-0.15, -0.1) is 0 Å². The molecule has 2 rings (SSSR count). The second-order valence-corrected chi connectivity index (χ2v) is 6.62. The summed E-state index contributed by atoms with van der Waals surface area (Å²) < 4.78 is 0. The van der Waals surface area contributed by atoms with Gasteiger partial charge < -0.3 is 5.32 Å². The van der Waals surface area contributed by atoms with Crippen LogP contribution in [0.4, 0.5) is 0 Å². The monoisotopic (exact) mass is 252 g/mol. The zero-order valence-corrected chi connectivity index (χ0v) is 12.6. The van der Waals surface area contributed by atoms with Crippen LogP contribution in [0.5, 0.6) is 0 Å². The Kier molecular flexibility index (Phi) is 5.50. The van der Waals surface area contributed by atoms with E-state index < -0.39 is 0 Å². The minimum atomic E-state index is 0.765. The molecule has 2 heteroatoms. The van der Waals surface area contributed by atoms with Gasteiger partial charge in [0.1, 0.15) is 0 Å². The van der Waals surface area contributed by atoms with Crippen LogP contribution in [0.15, 0.2) is 0 Å². The van der Waals surface area contributed by atoms with E-state index in [9.17, 15) is 0 Å². The molecule has 1 heterocycles. The Morgan fingerprint density at radius 1 is 1.11 bits per heavy atom. The minimum absolute atomic E-state index is 0.765. The van der Waals surface area contributed by atoms with E-state index in [-0.39, 0.29) is 0 Å². The first kappa shape index (κ1) is 14.3. The van der Waals surface area contributed by atoms with Crippen molar-refractivity contribution < 1.29 is 0 Å². The third-order valence-corrected chi connectivity index (χ3v) is 5.26. The number of hydrogen-bond donors (Lipinski definition) is 1. The van der Waals surface area contributed by atoms with Gasteiger partial charge in [-0.25, -0.2) is 0 Å². The minimum Gasteiger partial charge on any atom is -0.313 e. The average molecular weight is 252 g/mol. The topological polar surface area (TPSA) is 15.3 Å². The van der Waals surface area contributed by atoms with E-state index in [1.807, 2.05) is 0 Å². The van der Waals surface area contributed by atoms with Gasteiger partial charge in [-0.1, -0.05) is 33.6 Å². The molecule has 0 aromatic heterocycles. The lowest BCUT2D eigenvalue weighted by atomic mass is 9.77. The third-order valence-electron chi connectivity index (χ3n) is 5.26. The SMILES string of the molecule is CCCN(CC1CCCN1)C1CCCC(C)C1C. The van der Waals surface area contributed by atoms with E-state index in [0.29, 0.717) is 0 Å². The summed E-state index contributed by atoms with van der Waals surface area (Å²) in [5.74, 6) is 1.80. The Bertz CT molecular complexity index is 235. The summed E-state index contributed by atoms with van der Waals surface area (Å²) in [5, 5.41) is 3.67. The van der Waals surface area contributed by atoms with Crippen molar-refractivity contribution in [3.63, 3.8) is 0 Å². The van der Waals surface area contributed by atoms with Crippen LogP contribution in [0.2, 0.25) is 0 Å². The van der Waals surface area contributed by atoms with Crippen LogP contribution in [-0.2, 0) is 0 Å². The Hall–Kier alpha value is -0.0800. The van der Waals surface area contributed by atoms with Gasteiger partial charge >= 0.3 is 0 Å². The molecule has 4 unspecified atom stereocenters. The molecule has 1 aliphatic carbocycles. The molecule has 0 bridgehead atoms. The first-order chi connectivity index (χ1) is 8.72. The summed E-state index contributed by atoms with van der Waals surface area (Å²) in [4.78, 5) is 2.81. The molecule has 0 aromatic rings. The van der Waals surface area contributed by atoms with Gasteiger partial charge in [-0.05, 0) is 50.6 Å². The van der Waals surface area contributed by atoms with Gasteiger partial charge in [0.15, 0.2) is 0 Å². The van der Waals surface area contributed by atoms with Crippen LogP contribution < -0.4 is 5.32 Å². The lowest BCUT2D eigenvalue weighted by Crippen LogP contribution is -2.49. The van der Waals surface area contributed by atoms with Crippen molar-refractivity contribution in [3.8, 4) is 0 Å². The van der Waals surface area contributed by atoms with Crippen LogP contribution in [0, 0.1) is 11.8 Å². The van der Waals surface area contributed by atoms with Gasteiger partial charge in [0.05, 0.1) is 0 Å². The molecular weight excluding hydrogens is 220 g/mol.